The number of alkyl halides is 3. The van der Waals surface area contributed by atoms with Crippen molar-refractivity contribution in [2.24, 2.45) is 5.73 Å². The summed E-state index contributed by atoms with van der Waals surface area (Å²) in [6.45, 7) is 0. The number of hydrazone groups is 1. The van der Waals surface area contributed by atoms with E-state index in [1.54, 1.807) is 0 Å². The minimum absolute atomic E-state index is 0.0519. The third kappa shape index (κ3) is 5.06. The van der Waals surface area contributed by atoms with E-state index in [1.165, 1.54) is 37.4 Å². The number of nitrogens with two attached hydrogens (primary N) is 1. The number of methoxy groups -OCH3 is 1. The fourth-order valence-electron chi connectivity index (χ4n) is 2.64. The van der Waals surface area contributed by atoms with Gasteiger partial charge in [-0.1, -0.05) is 17.7 Å². The molecule has 0 saturated carbocycles. The van der Waals surface area contributed by atoms with Gasteiger partial charge in [0.2, 0.25) is 5.69 Å². The molecule has 0 saturated heterocycles. The van der Waals surface area contributed by atoms with E-state index in [-0.39, 0.29) is 28.5 Å². The molecule has 1 heterocycles. The Bertz CT molecular complexity index is 1240. The largest absolute Gasteiger partial charge is 0.494 e. The summed E-state index contributed by atoms with van der Waals surface area (Å²) in [5.41, 5.74) is 6.63. The van der Waals surface area contributed by atoms with Gasteiger partial charge in [0.1, 0.15) is 0 Å². The molecule has 0 atom stereocenters. The smallest absolute Gasteiger partial charge is 0.416 e. The molecule has 1 amide bonds. The summed E-state index contributed by atoms with van der Waals surface area (Å²) in [5.74, 6) is -0.816. The van der Waals surface area contributed by atoms with Crippen LogP contribution in [0.2, 0.25) is 5.02 Å². The molecule has 0 aliphatic rings. The number of nitrogen functional groups attached to an aromatic ring is 1. The average molecular weight is 467 g/mol. The minimum Gasteiger partial charge on any atom is -0.494 e. The lowest BCUT2D eigenvalue weighted by molar-refractivity contribution is -0.508. The van der Waals surface area contributed by atoms with E-state index in [0.29, 0.717) is 5.02 Å². The lowest BCUT2D eigenvalue weighted by Crippen LogP contribution is -2.86. The standard InChI is InChI=1S/C20H15ClF3N5O3/c1-32-15-10-16(30)29(14-4-2-3-12(9-14)20(22,23)24)28-17(15)18(25)26-27-19(31)11-5-7-13(21)8-6-11/h2-10H,1H3,(H2,25,26)(H,27,31)/p+1. The van der Waals surface area contributed by atoms with E-state index in [0.717, 1.165) is 28.9 Å². The number of nitrogens with one attached hydrogen (secondary N) is 2. The third-order valence-corrected chi connectivity index (χ3v) is 4.46. The Kier molecular flexibility index (Phi) is 6.49. The van der Waals surface area contributed by atoms with Gasteiger partial charge in [-0.15, -0.1) is 0 Å². The van der Waals surface area contributed by atoms with Crippen molar-refractivity contribution >= 4 is 23.3 Å². The van der Waals surface area contributed by atoms with Crippen molar-refractivity contribution in [3.8, 4) is 11.4 Å². The zero-order valence-corrected chi connectivity index (χ0v) is 17.2. The number of aromatic nitrogens is 2. The monoisotopic (exact) mass is 466 g/mol. The normalized spacial score (nSPS) is 11.8. The molecule has 0 fully saturated rings. The number of benzene rings is 2. The first-order chi connectivity index (χ1) is 15.1. The maximum absolute atomic E-state index is 13.0. The Labute approximate surface area is 184 Å². The fraction of sp³-hybridized carbons (Fsp3) is 0.100. The van der Waals surface area contributed by atoms with E-state index in [9.17, 15) is 22.8 Å². The molecule has 166 valence electrons. The van der Waals surface area contributed by atoms with Crippen LogP contribution in [0.1, 0.15) is 21.6 Å². The first-order valence-electron chi connectivity index (χ1n) is 8.91. The number of hydrogen-bond acceptors (Lipinski definition) is 4. The first kappa shape index (κ1) is 22.8. The van der Waals surface area contributed by atoms with Crippen molar-refractivity contribution in [3.05, 3.63) is 86.8 Å². The van der Waals surface area contributed by atoms with Crippen LogP contribution in [-0.2, 0) is 6.18 Å². The van der Waals surface area contributed by atoms with Crippen LogP contribution in [0.25, 0.3) is 5.69 Å². The first-order valence-corrected chi connectivity index (χ1v) is 9.28. The Hall–Kier alpha value is -3.86. The zero-order valence-electron chi connectivity index (χ0n) is 16.4. The van der Waals surface area contributed by atoms with E-state index in [1.807, 2.05) is 0 Å². The average Bonchev–Trinajstić information content (AvgIpc) is 2.77. The highest BCUT2D eigenvalue weighted by molar-refractivity contribution is 6.30. The van der Waals surface area contributed by atoms with Crippen LogP contribution >= 0.6 is 11.6 Å². The van der Waals surface area contributed by atoms with Gasteiger partial charge in [-0.2, -0.15) is 33.5 Å². The van der Waals surface area contributed by atoms with Gasteiger partial charge in [-0.3, -0.25) is 15.3 Å². The summed E-state index contributed by atoms with van der Waals surface area (Å²) in [6.07, 6.45) is -4.60. The molecule has 1 aromatic heterocycles. The number of carbonyl (C=O) groups is 1. The highest BCUT2D eigenvalue weighted by Gasteiger charge is 2.31. The van der Waals surface area contributed by atoms with Crippen molar-refractivity contribution in [1.29, 1.82) is 0 Å². The van der Waals surface area contributed by atoms with Crippen molar-refractivity contribution in [2.45, 2.75) is 6.18 Å². The van der Waals surface area contributed by atoms with Crippen LogP contribution in [0.4, 0.5) is 13.2 Å². The molecule has 0 bridgehead atoms. The third-order valence-electron chi connectivity index (χ3n) is 4.21. The quantitative estimate of drug-likeness (QED) is 0.295. The van der Waals surface area contributed by atoms with Crippen LogP contribution in [-0.4, -0.2) is 28.6 Å². The molecule has 4 N–H and O–H groups in total. The van der Waals surface area contributed by atoms with Gasteiger partial charge in [-0.05, 0) is 42.5 Å². The van der Waals surface area contributed by atoms with Gasteiger partial charge in [0, 0.05) is 10.6 Å². The minimum atomic E-state index is -4.60. The number of amidine groups is 1. The molecule has 2 aromatic carbocycles. The van der Waals surface area contributed by atoms with Crippen molar-refractivity contribution in [3.63, 3.8) is 0 Å². The highest BCUT2D eigenvalue weighted by atomic mass is 35.5. The summed E-state index contributed by atoms with van der Waals surface area (Å²) >= 11 is 5.79. The summed E-state index contributed by atoms with van der Waals surface area (Å²) in [5, 5.41) is 6.91. The molecule has 0 spiro atoms. The van der Waals surface area contributed by atoms with E-state index in [4.69, 9.17) is 22.1 Å². The number of nitrogens with zero attached hydrogens (tertiary/aromatic N) is 2. The van der Waals surface area contributed by atoms with Gasteiger partial charge < -0.3 is 4.74 Å². The lowest BCUT2D eigenvalue weighted by atomic mass is 10.2. The van der Waals surface area contributed by atoms with Gasteiger partial charge in [0.25, 0.3) is 11.5 Å². The summed E-state index contributed by atoms with van der Waals surface area (Å²) in [7, 11) is 1.26. The number of halogens is 4. The molecule has 0 radical (unpaired) electrons. The van der Waals surface area contributed by atoms with E-state index >= 15 is 0 Å². The Morgan fingerprint density at radius 2 is 1.88 bits per heavy atom. The molecule has 0 unspecified atom stereocenters. The number of hydrogen-bond donors (Lipinski definition) is 3. The van der Waals surface area contributed by atoms with Crippen molar-refractivity contribution < 1.29 is 27.8 Å². The van der Waals surface area contributed by atoms with Crippen LogP contribution < -0.4 is 26.6 Å². The Morgan fingerprint density at radius 3 is 2.50 bits per heavy atom. The van der Waals surface area contributed by atoms with Gasteiger partial charge >= 0.3 is 12.0 Å². The van der Waals surface area contributed by atoms with Crippen LogP contribution in [0.3, 0.4) is 0 Å². The van der Waals surface area contributed by atoms with Crippen LogP contribution in [0.5, 0.6) is 5.75 Å². The summed E-state index contributed by atoms with van der Waals surface area (Å²) < 4.78 is 45.0. The summed E-state index contributed by atoms with van der Waals surface area (Å²) in [4.78, 5) is 24.6. The Balaban J connectivity index is 1.97. The number of amides is 1. The zero-order chi connectivity index (χ0) is 23.5. The van der Waals surface area contributed by atoms with Gasteiger partial charge in [0.05, 0.1) is 24.4 Å². The molecule has 3 aromatic rings. The number of rotatable bonds is 5. The van der Waals surface area contributed by atoms with Crippen LogP contribution in [0.15, 0.2) is 59.4 Å². The second-order valence-electron chi connectivity index (χ2n) is 6.36. The maximum atomic E-state index is 13.0. The summed E-state index contributed by atoms with van der Waals surface area (Å²) in [6, 6.07) is 11.1. The molecule has 12 heteroatoms. The van der Waals surface area contributed by atoms with Crippen LogP contribution in [0, 0.1) is 0 Å². The molecular formula is C20H16ClF3N5O3+. The SMILES string of the molecule is COc1cc(=O)n(-c2cccc(C(F)(F)F)c2)nc1C(N)=[NH+]NC(=O)c1ccc(Cl)cc1. The number of hydrazine groups is 1. The van der Waals surface area contributed by atoms with Gasteiger partial charge in [0.15, 0.2) is 5.75 Å². The molecule has 32 heavy (non-hydrogen) atoms. The molecule has 0 aliphatic carbocycles. The maximum Gasteiger partial charge on any atom is 0.416 e. The highest BCUT2D eigenvalue weighted by Crippen LogP contribution is 2.30. The second kappa shape index (κ2) is 9.10. The van der Waals surface area contributed by atoms with Crippen molar-refractivity contribution in [2.75, 3.05) is 7.11 Å². The predicted molar refractivity (Wildman–Crippen MR) is 110 cm³/mol. The molecule has 0 aliphatic heterocycles. The predicted octanol–water partition coefficient (Wildman–Crippen LogP) is 1.04. The van der Waals surface area contributed by atoms with Crippen molar-refractivity contribution in [1.82, 2.24) is 15.2 Å². The van der Waals surface area contributed by atoms with E-state index < -0.39 is 23.2 Å². The Morgan fingerprint density at radius 1 is 1.19 bits per heavy atom. The molecule has 3 rings (SSSR count). The second-order valence-corrected chi connectivity index (χ2v) is 6.80. The lowest BCUT2D eigenvalue weighted by Gasteiger charge is -2.11. The van der Waals surface area contributed by atoms with E-state index in [2.05, 4.69) is 15.6 Å². The number of ether oxygens (including phenoxy) is 1. The fourth-order valence-corrected chi connectivity index (χ4v) is 2.76. The molecule has 8 nitrogen and oxygen atoms in total. The van der Waals surface area contributed by atoms with Gasteiger partial charge in [-0.25, -0.2) is 0 Å². The topological polar surface area (TPSA) is 113 Å². The number of carbonyl (C=O) groups excluding carboxylic acids is 1. The molecular weight excluding hydrogens is 451 g/mol.